The number of nitrogens with one attached hydrogen (secondary N) is 1. The number of carboxylic acids is 1. The first-order valence-corrected chi connectivity index (χ1v) is 5.88. The van der Waals surface area contributed by atoms with E-state index in [0.29, 0.717) is 16.8 Å². The zero-order valence-corrected chi connectivity index (χ0v) is 10.5. The fraction of sp³-hybridized carbons (Fsp3) is 0. The number of nitrogens with zero attached hydrogens (tertiary/aromatic N) is 1. The lowest BCUT2D eigenvalue weighted by molar-refractivity contribution is -0.131. The molecule has 5 nitrogen and oxygen atoms in total. The maximum Gasteiger partial charge on any atom is 0.328 e. The lowest BCUT2D eigenvalue weighted by Crippen LogP contribution is -2.13. The number of carbonyl (C=O) groups excluding carboxylic acids is 1. The second-order valence-electron chi connectivity index (χ2n) is 3.95. The number of hydrogen-bond acceptors (Lipinski definition) is 3. The van der Waals surface area contributed by atoms with Gasteiger partial charge in [-0.25, -0.2) is 4.79 Å². The quantitative estimate of drug-likeness (QED) is 0.835. The molecule has 1 amide bonds. The first-order chi connectivity index (χ1) is 9.66. The van der Waals surface area contributed by atoms with Gasteiger partial charge in [0.1, 0.15) is 0 Å². The Hall–Kier alpha value is -2.95. The summed E-state index contributed by atoms with van der Waals surface area (Å²) in [5, 5.41) is 11.4. The van der Waals surface area contributed by atoms with Crippen LogP contribution in [0, 0.1) is 0 Å². The molecular weight excluding hydrogens is 256 g/mol. The van der Waals surface area contributed by atoms with Crippen LogP contribution in [0.15, 0.2) is 54.9 Å². The van der Waals surface area contributed by atoms with Gasteiger partial charge in [0.2, 0.25) is 0 Å². The zero-order chi connectivity index (χ0) is 14.4. The number of pyridine rings is 1. The second kappa shape index (κ2) is 6.29. The molecule has 1 aromatic carbocycles. The topological polar surface area (TPSA) is 79.3 Å². The molecule has 20 heavy (non-hydrogen) atoms. The Bertz CT molecular complexity index is 651. The maximum atomic E-state index is 12.2. The summed E-state index contributed by atoms with van der Waals surface area (Å²) < 4.78 is 0. The van der Waals surface area contributed by atoms with Crippen molar-refractivity contribution in [2.75, 3.05) is 5.32 Å². The molecule has 0 saturated heterocycles. The highest BCUT2D eigenvalue weighted by molar-refractivity contribution is 6.06. The van der Waals surface area contributed by atoms with Crippen LogP contribution >= 0.6 is 0 Å². The molecule has 1 aromatic heterocycles. The number of para-hydroxylation sites is 1. The third kappa shape index (κ3) is 3.52. The van der Waals surface area contributed by atoms with Crippen molar-refractivity contribution in [3.63, 3.8) is 0 Å². The Morgan fingerprint density at radius 1 is 1.15 bits per heavy atom. The lowest BCUT2D eigenvalue weighted by atomic mass is 10.1. The van der Waals surface area contributed by atoms with E-state index >= 15 is 0 Å². The van der Waals surface area contributed by atoms with Gasteiger partial charge in [-0.2, -0.15) is 0 Å². The van der Waals surface area contributed by atoms with Gasteiger partial charge >= 0.3 is 5.97 Å². The monoisotopic (exact) mass is 268 g/mol. The van der Waals surface area contributed by atoms with Crippen molar-refractivity contribution in [2.24, 2.45) is 0 Å². The summed E-state index contributed by atoms with van der Waals surface area (Å²) in [6.07, 6.45) is 5.24. The van der Waals surface area contributed by atoms with Crippen molar-refractivity contribution in [3.8, 4) is 0 Å². The number of benzene rings is 1. The van der Waals surface area contributed by atoms with E-state index in [0.717, 1.165) is 6.08 Å². The Morgan fingerprint density at radius 2 is 1.90 bits per heavy atom. The Balaban J connectivity index is 2.24. The molecule has 2 rings (SSSR count). The van der Waals surface area contributed by atoms with E-state index in [4.69, 9.17) is 5.11 Å². The van der Waals surface area contributed by atoms with Gasteiger partial charge in [-0.15, -0.1) is 0 Å². The predicted molar refractivity (Wildman–Crippen MR) is 75.3 cm³/mol. The minimum absolute atomic E-state index is 0.316. The highest BCUT2D eigenvalue weighted by Crippen LogP contribution is 2.13. The molecule has 0 saturated carbocycles. The minimum atomic E-state index is -1.08. The van der Waals surface area contributed by atoms with Crippen LogP contribution in [0.4, 0.5) is 5.69 Å². The predicted octanol–water partition coefficient (Wildman–Crippen LogP) is 2.43. The third-order valence-electron chi connectivity index (χ3n) is 2.53. The van der Waals surface area contributed by atoms with Crippen LogP contribution in [0.1, 0.15) is 15.9 Å². The molecule has 0 aliphatic heterocycles. The van der Waals surface area contributed by atoms with Crippen molar-refractivity contribution in [1.29, 1.82) is 0 Å². The largest absolute Gasteiger partial charge is 0.478 e. The number of carbonyl (C=O) groups is 2. The molecule has 5 heteroatoms. The standard InChI is InChI=1S/C15H12N2O3/c18-14(19)7-6-11-10-16-9-8-13(11)15(20)17-12-4-2-1-3-5-12/h1-10H,(H,17,20)(H,18,19). The van der Waals surface area contributed by atoms with E-state index in [1.165, 1.54) is 18.5 Å². The molecule has 0 aliphatic rings. The first kappa shape index (κ1) is 13.5. The Morgan fingerprint density at radius 3 is 2.60 bits per heavy atom. The number of aliphatic carboxylic acids is 1. The van der Waals surface area contributed by atoms with E-state index in [1.807, 2.05) is 18.2 Å². The lowest BCUT2D eigenvalue weighted by Gasteiger charge is -2.07. The van der Waals surface area contributed by atoms with Crippen molar-refractivity contribution in [2.45, 2.75) is 0 Å². The minimum Gasteiger partial charge on any atom is -0.478 e. The molecule has 2 aromatic rings. The van der Waals surface area contributed by atoms with Gasteiger partial charge in [-0.05, 0) is 24.3 Å². The molecular formula is C15H12N2O3. The molecule has 0 spiro atoms. The van der Waals surface area contributed by atoms with Crippen molar-refractivity contribution < 1.29 is 14.7 Å². The van der Waals surface area contributed by atoms with Crippen LogP contribution < -0.4 is 5.32 Å². The van der Waals surface area contributed by atoms with Crippen LogP contribution in [-0.4, -0.2) is 22.0 Å². The van der Waals surface area contributed by atoms with Gasteiger partial charge in [-0.1, -0.05) is 18.2 Å². The van der Waals surface area contributed by atoms with Crippen molar-refractivity contribution >= 4 is 23.6 Å². The van der Waals surface area contributed by atoms with Gasteiger partial charge < -0.3 is 10.4 Å². The van der Waals surface area contributed by atoms with Gasteiger partial charge in [0.05, 0.1) is 0 Å². The Labute approximate surface area is 115 Å². The van der Waals surface area contributed by atoms with Crippen LogP contribution in [0.2, 0.25) is 0 Å². The summed E-state index contributed by atoms with van der Waals surface area (Å²) in [5.41, 5.74) is 1.48. The first-order valence-electron chi connectivity index (χ1n) is 5.88. The number of hydrogen-bond donors (Lipinski definition) is 2. The summed E-state index contributed by atoms with van der Waals surface area (Å²) in [6, 6.07) is 10.6. The number of carboxylic acid groups (broad SMARTS) is 1. The van der Waals surface area contributed by atoms with Crippen molar-refractivity contribution in [1.82, 2.24) is 4.98 Å². The van der Waals surface area contributed by atoms with Crippen molar-refractivity contribution in [3.05, 3.63) is 66.0 Å². The summed E-state index contributed by atoms with van der Waals surface area (Å²) >= 11 is 0. The van der Waals surface area contributed by atoms with Crippen LogP contribution in [0.3, 0.4) is 0 Å². The molecule has 0 bridgehead atoms. The Kier molecular flexibility index (Phi) is 4.24. The molecule has 100 valence electrons. The smallest absolute Gasteiger partial charge is 0.328 e. The second-order valence-corrected chi connectivity index (χ2v) is 3.95. The normalized spacial score (nSPS) is 10.4. The molecule has 0 fully saturated rings. The fourth-order valence-corrected chi connectivity index (χ4v) is 1.63. The molecule has 0 unspecified atom stereocenters. The summed E-state index contributed by atoms with van der Waals surface area (Å²) in [6.45, 7) is 0. The SMILES string of the molecule is O=C(O)C=Cc1cnccc1C(=O)Nc1ccccc1. The molecule has 0 atom stereocenters. The average Bonchev–Trinajstić information content (AvgIpc) is 2.46. The van der Waals surface area contributed by atoms with Crippen LogP contribution in [-0.2, 0) is 4.79 Å². The third-order valence-corrected chi connectivity index (χ3v) is 2.53. The number of aromatic nitrogens is 1. The van der Waals surface area contributed by atoms with Gasteiger partial charge in [0.25, 0.3) is 5.91 Å². The fourth-order valence-electron chi connectivity index (χ4n) is 1.63. The molecule has 0 radical (unpaired) electrons. The van der Waals surface area contributed by atoms with E-state index in [9.17, 15) is 9.59 Å². The average molecular weight is 268 g/mol. The molecule has 1 heterocycles. The number of amides is 1. The maximum absolute atomic E-state index is 12.2. The number of rotatable bonds is 4. The van der Waals surface area contributed by atoms with E-state index < -0.39 is 5.97 Å². The molecule has 2 N–H and O–H groups in total. The van der Waals surface area contributed by atoms with Gasteiger partial charge in [-0.3, -0.25) is 9.78 Å². The van der Waals surface area contributed by atoms with Gasteiger partial charge in [0, 0.05) is 35.3 Å². The highest BCUT2D eigenvalue weighted by Gasteiger charge is 2.10. The summed E-state index contributed by atoms with van der Waals surface area (Å²) in [4.78, 5) is 26.6. The van der Waals surface area contributed by atoms with E-state index in [1.54, 1.807) is 18.2 Å². The highest BCUT2D eigenvalue weighted by atomic mass is 16.4. The summed E-state index contributed by atoms with van der Waals surface area (Å²) in [5.74, 6) is -1.40. The van der Waals surface area contributed by atoms with Gasteiger partial charge in [0.15, 0.2) is 0 Å². The van der Waals surface area contributed by atoms with Crippen LogP contribution in [0.25, 0.3) is 6.08 Å². The van der Waals surface area contributed by atoms with E-state index in [-0.39, 0.29) is 5.91 Å². The number of anilines is 1. The zero-order valence-electron chi connectivity index (χ0n) is 10.5. The van der Waals surface area contributed by atoms with E-state index in [2.05, 4.69) is 10.3 Å². The molecule has 0 aliphatic carbocycles. The van der Waals surface area contributed by atoms with Crippen LogP contribution in [0.5, 0.6) is 0 Å². The summed E-state index contributed by atoms with van der Waals surface area (Å²) in [7, 11) is 0.